The van der Waals surface area contributed by atoms with E-state index < -0.39 is 0 Å². The molecule has 3 rings (SSSR count). The van der Waals surface area contributed by atoms with Crippen molar-refractivity contribution in [1.29, 1.82) is 0 Å². The summed E-state index contributed by atoms with van der Waals surface area (Å²) < 4.78 is 10.8. The van der Waals surface area contributed by atoms with Gasteiger partial charge in [0.1, 0.15) is 6.61 Å². The van der Waals surface area contributed by atoms with Crippen LogP contribution in [0.5, 0.6) is 0 Å². The summed E-state index contributed by atoms with van der Waals surface area (Å²) in [5.41, 5.74) is 1.00. The SMILES string of the molecule is CCOC1CC(NC2CC(NC(=O)OCc3ccccc3)C2)C1. The van der Waals surface area contributed by atoms with Crippen molar-refractivity contribution in [3.63, 3.8) is 0 Å². The molecule has 0 atom stereocenters. The van der Waals surface area contributed by atoms with Gasteiger partial charge in [0.25, 0.3) is 0 Å². The summed E-state index contributed by atoms with van der Waals surface area (Å²) in [4.78, 5) is 11.8. The minimum atomic E-state index is -0.322. The fourth-order valence-corrected chi connectivity index (χ4v) is 3.21. The summed E-state index contributed by atoms with van der Waals surface area (Å²) in [5, 5.41) is 6.56. The highest BCUT2D eigenvalue weighted by molar-refractivity contribution is 5.67. The predicted molar refractivity (Wildman–Crippen MR) is 88.1 cm³/mol. The molecular weight excluding hydrogens is 292 g/mol. The number of rotatable bonds is 7. The van der Waals surface area contributed by atoms with E-state index in [2.05, 4.69) is 10.6 Å². The topological polar surface area (TPSA) is 59.6 Å². The second-order valence-corrected chi connectivity index (χ2v) is 6.48. The van der Waals surface area contributed by atoms with E-state index in [1.807, 2.05) is 37.3 Å². The van der Waals surface area contributed by atoms with Gasteiger partial charge in [0.15, 0.2) is 0 Å². The molecule has 126 valence electrons. The van der Waals surface area contributed by atoms with Crippen LogP contribution in [0.1, 0.15) is 38.2 Å². The average molecular weight is 318 g/mol. The molecule has 2 fully saturated rings. The molecule has 0 radical (unpaired) electrons. The number of nitrogens with one attached hydrogen (secondary N) is 2. The average Bonchev–Trinajstić information content (AvgIpc) is 2.49. The van der Waals surface area contributed by atoms with Crippen molar-refractivity contribution in [2.45, 2.75) is 63.4 Å². The van der Waals surface area contributed by atoms with Crippen molar-refractivity contribution in [3.05, 3.63) is 35.9 Å². The number of alkyl carbamates (subject to hydrolysis) is 1. The van der Waals surface area contributed by atoms with E-state index in [-0.39, 0.29) is 12.1 Å². The van der Waals surface area contributed by atoms with Crippen LogP contribution in [0.3, 0.4) is 0 Å². The molecule has 0 unspecified atom stereocenters. The molecule has 0 aromatic heterocycles. The highest BCUT2D eigenvalue weighted by atomic mass is 16.5. The Morgan fingerprint density at radius 3 is 2.48 bits per heavy atom. The van der Waals surface area contributed by atoms with Gasteiger partial charge in [-0.05, 0) is 38.2 Å². The minimum Gasteiger partial charge on any atom is -0.445 e. The van der Waals surface area contributed by atoms with Gasteiger partial charge in [0.2, 0.25) is 0 Å². The Morgan fingerprint density at radius 2 is 1.78 bits per heavy atom. The van der Waals surface area contributed by atoms with Crippen molar-refractivity contribution in [3.8, 4) is 0 Å². The number of benzene rings is 1. The Kier molecular flexibility index (Phi) is 5.51. The summed E-state index contributed by atoms with van der Waals surface area (Å²) >= 11 is 0. The molecule has 0 bridgehead atoms. The highest BCUT2D eigenvalue weighted by Crippen LogP contribution is 2.28. The van der Waals surface area contributed by atoms with Crippen LogP contribution in [0.25, 0.3) is 0 Å². The van der Waals surface area contributed by atoms with Crippen molar-refractivity contribution < 1.29 is 14.3 Å². The maximum absolute atomic E-state index is 11.8. The van der Waals surface area contributed by atoms with Crippen LogP contribution >= 0.6 is 0 Å². The lowest BCUT2D eigenvalue weighted by molar-refractivity contribution is -0.0158. The molecular formula is C18H26N2O3. The first kappa shape index (κ1) is 16.3. The Balaban J connectivity index is 1.25. The van der Waals surface area contributed by atoms with Crippen LogP contribution in [-0.2, 0) is 16.1 Å². The summed E-state index contributed by atoms with van der Waals surface area (Å²) in [6.07, 6.45) is 4.31. The molecule has 1 aromatic carbocycles. The van der Waals surface area contributed by atoms with Gasteiger partial charge in [-0.3, -0.25) is 0 Å². The van der Waals surface area contributed by atoms with Crippen molar-refractivity contribution in [1.82, 2.24) is 10.6 Å². The molecule has 1 amide bonds. The van der Waals surface area contributed by atoms with Crippen molar-refractivity contribution in [2.75, 3.05) is 6.61 Å². The maximum Gasteiger partial charge on any atom is 0.407 e. The van der Waals surface area contributed by atoms with Gasteiger partial charge in [-0.2, -0.15) is 0 Å². The highest BCUT2D eigenvalue weighted by Gasteiger charge is 2.36. The smallest absolute Gasteiger partial charge is 0.407 e. The summed E-state index contributed by atoms with van der Waals surface area (Å²) in [7, 11) is 0. The van der Waals surface area contributed by atoms with Crippen LogP contribution in [0, 0.1) is 0 Å². The first-order valence-corrected chi connectivity index (χ1v) is 8.57. The fraction of sp³-hybridized carbons (Fsp3) is 0.611. The van der Waals surface area contributed by atoms with Crippen LogP contribution in [0.15, 0.2) is 30.3 Å². The second-order valence-electron chi connectivity index (χ2n) is 6.48. The molecule has 0 spiro atoms. The van der Waals surface area contributed by atoms with Crippen LogP contribution in [0.4, 0.5) is 4.79 Å². The number of hydrogen-bond acceptors (Lipinski definition) is 4. The van der Waals surface area contributed by atoms with Crippen molar-refractivity contribution in [2.24, 2.45) is 0 Å². The third-order valence-electron chi connectivity index (χ3n) is 4.64. The normalized spacial score (nSPS) is 29.3. The molecule has 0 aliphatic heterocycles. The Hall–Kier alpha value is -1.59. The van der Waals surface area contributed by atoms with Crippen LogP contribution in [-0.4, -0.2) is 36.9 Å². The van der Waals surface area contributed by atoms with Crippen LogP contribution in [0.2, 0.25) is 0 Å². The molecule has 2 saturated carbocycles. The first-order valence-electron chi connectivity index (χ1n) is 8.57. The molecule has 23 heavy (non-hydrogen) atoms. The maximum atomic E-state index is 11.8. The number of ether oxygens (including phenoxy) is 2. The van der Waals surface area contributed by atoms with E-state index in [1.165, 1.54) is 0 Å². The summed E-state index contributed by atoms with van der Waals surface area (Å²) in [6, 6.07) is 11.1. The quantitative estimate of drug-likeness (QED) is 0.811. The summed E-state index contributed by atoms with van der Waals surface area (Å²) in [6.45, 7) is 3.17. The molecule has 0 heterocycles. The van der Waals surface area contributed by atoms with Gasteiger partial charge in [0.05, 0.1) is 6.10 Å². The molecule has 5 nitrogen and oxygen atoms in total. The number of carbonyl (C=O) groups is 1. The Labute approximate surface area is 137 Å². The standard InChI is InChI=1S/C18H26N2O3/c1-2-22-17-10-16(11-17)19-14-8-15(9-14)20-18(21)23-12-13-6-4-3-5-7-13/h3-7,14-17,19H,2,8-12H2,1H3,(H,20,21). The molecule has 2 aliphatic carbocycles. The third kappa shape index (κ3) is 4.69. The molecule has 2 aliphatic rings. The molecule has 5 heteroatoms. The second kappa shape index (κ2) is 7.79. The zero-order chi connectivity index (χ0) is 16.1. The van der Waals surface area contributed by atoms with Gasteiger partial charge in [-0.1, -0.05) is 30.3 Å². The lowest BCUT2D eigenvalue weighted by Crippen LogP contribution is -2.58. The van der Waals surface area contributed by atoms with E-state index in [0.717, 1.165) is 37.9 Å². The van der Waals surface area contributed by atoms with Gasteiger partial charge in [0, 0.05) is 24.7 Å². The van der Waals surface area contributed by atoms with E-state index in [0.29, 0.717) is 24.8 Å². The Bertz CT molecular complexity index is 496. The van der Waals surface area contributed by atoms with E-state index >= 15 is 0 Å². The van der Waals surface area contributed by atoms with E-state index in [9.17, 15) is 4.79 Å². The number of amides is 1. The minimum absolute atomic E-state index is 0.235. The molecule has 2 N–H and O–H groups in total. The van der Waals surface area contributed by atoms with Gasteiger partial charge >= 0.3 is 6.09 Å². The summed E-state index contributed by atoms with van der Waals surface area (Å²) in [5.74, 6) is 0. The lowest BCUT2D eigenvalue weighted by Gasteiger charge is -2.43. The number of carbonyl (C=O) groups excluding carboxylic acids is 1. The van der Waals surface area contributed by atoms with Gasteiger partial charge in [-0.15, -0.1) is 0 Å². The van der Waals surface area contributed by atoms with Gasteiger partial charge < -0.3 is 20.1 Å². The van der Waals surface area contributed by atoms with E-state index in [1.54, 1.807) is 0 Å². The molecule has 1 aromatic rings. The largest absolute Gasteiger partial charge is 0.445 e. The zero-order valence-electron chi connectivity index (χ0n) is 13.7. The van der Waals surface area contributed by atoms with Crippen LogP contribution < -0.4 is 10.6 Å². The first-order chi connectivity index (χ1) is 11.2. The monoisotopic (exact) mass is 318 g/mol. The predicted octanol–water partition coefficient (Wildman–Crippen LogP) is 2.60. The van der Waals surface area contributed by atoms with Gasteiger partial charge in [-0.25, -0.2) is 4.79 Å². The fourth-order valence-electron chi connectivity index (χ4n) is 3.21. The zero-order valence-corrected chi connectivity index (χ0v) is 13.7. The molecule has 0 saturated heterocycles. The third-order valence-corrected chi connectivity index (χ3v) is 4.64. The lowest BCUT2D eigenvalue weighted by atomic mass is 9.82. The number of hydrogen-bond donors (Lipinski definition) is 2. The van der Waals surface area contributed by atoms with Crippen molar-refractivity contribution >= 4 is 6.09 Å². The Morgan fingerprint density at radius 1 is 1.09 bits per heavy atom. The van der Waals surface area contributed by atoms with E-state index in [4.69, 9.17) is 9.47 Å².